The minimum Gasteiger partial charge on any atom is -0.322 e. The maximum Gasteiger partial charge on any atom is 0.0696 e. The van der Waals surface area contributed by atoms with E-state index in [4.69, 9.17) is 0 Å². The highest BCUT2D eigenvalue weighted by molar-refractivity contribution is 5.40. The summed E-state index contributed by atoms with van der Waals surface area (Å²) in [7, 11) is 0. The maximum absolute atomic E-state index is 4.49. The average Bonchev–Trinajstić information content (AvgIpc) is 2.69. The van der Waals surface area contributed by atoms with Crippen molar-refractivity contribution >= 4 is 0 Å². The zero-order chi connectivity index (χ0) is 10.9. The molecule has 2 aromatic heterocycles. The normalized spacial score (nSPS) is 11.7. The number of pyridine rings is 1. The van der Waals surface area contributed by atoms with Crippen LogP contribution in [0.25, 0.3) is 5.69 Å². The minimum absolute atomic E-state index is 0.0703. The lowest BCUT2D eigenvalue weighted by atomic mass is 9.90. The summed E-state index contributed by atoms with van der Waals surface area (Å²) in [6.07, 6.45) is 5.95. The first kappa shape index (κ1) is 9.97. The smallest absolute Gasteiger partial charge is 0.0696 e. The third-order valence-corrected chi connectivity index (χ3v) is 2.38. The van der Waals surface area contributed by atoms with Gasteiger partial charge in [0.05, 0.1) is 11.4 Å². The molecule has 2 heteroatoms. The van der Waals surface area contributed by atoms with Crippen LogP contribution < -0.4 is 0 Å². The van der Waals surface area contributed by atoms with Crippen LogP contribution in [0.2, 0.25) is 0 Å². The lowest BCUT2D eigenvalue weighted by Gasteiger charge is -2.21. The first-order chi connectivity index (χ1) is 7.09. The average molecular weight is 200 g/mol. The minimum atomic E-state index is 0.0703. The Morgan fingerprint density at radius 1 is 1.07 bits per heavy atom. The van der Waals surface area contributed by atoms with Gasteiger partial charge in [-0.3, -0.25) is 4.98 Å². The maximum atomic E-state index is 4.49. The van der Waals surface area contributed by atoms with Crippen molar-refractivity contribution in [1.29, 1.82) is 0 Å². The van der Waals surface area contributed by atoms with Gasteiger partial charge < -0.3 is 4.57 Å². The molecule has 0 atom stereocenters. The second-order valence-corrected chi connectivity index (χ2v) is 4.71. The van der Waals surface area contributed by atoms with E-state index in [0.29, 0.717) is 0 Å². The van der Waals surface area contributed by atoms with Crippen LogP contribution in [-0.4, -0.2) is 9.55 Å². The Kier molecular flexibility index (Phi) is 2.35. The fourth-order valence-corrected chi connectivity index (χ4v) is 1.68. The topological polar surface area (TPSA) is 17.8 Å². The molecule has 0 saturated carbocycles. The van der Waals surface area contributed by atoms with Gasteiger partial charge in [0.25, 0.3) is 0 Å². The van der Waals surface area contributed by atoms with Crippen LogP contribution >= 0.6 is 0 Å². The standard InChI is InChI=1S/C13H16N2/c1-13(2,3)12-11(7-6-8-14-12)15-9-4-5-10-15/h4-10H,1-3H3. The molecule has 2 aromatic rings. The molecule has 0 bridgehead atoms. The van der Waals surface area contributed by atoms with Crippen molar-refractivity contribution in [1.82, 2.24) is 9.55 Å². The van der Waals surface area contributed by atoms with Gasteiger partial charge in [-0.15, -0.1) is 0 Å². The van der Waals surface area contributed by atoms with Crippen molar-refractivity contribution < 1.29 is 0 Å². The van der Waals surface area contributed by atoms with Crippen LogP contribution in [0.5, 0.6) is 0 Å². The fourth-order valence-electron chi connectivity index (χ4n) is 1.68. The molecular weight excluding hydrogens is 184 g/mol. The van der Waals surface area contributed by atoms with Gasteiger partial charge in [0.15, 0.2) is 0 Å². The Balaban J connectivity index is 2.58. The van der Waals surface area contributed by atoms with Crippen molar-refractivity contribution in [3.63, 3.8) is 0 Å². The van der Waals surface area contributed by atoms with E-state index in [9.17, 15) is 0 Å². The third-order valence-electron chi connectivity index (χ3n) is 2.38. The van der Waals surface area contributed by atoms with E-state index in [2.05, 4.69) is 36.4 Å². The van der Waals surface area contributed by atoms with E-state index in [1.54, 1.807) is 0 Å². The fraction of sp³-hybridized carbons (Fsp3) is 0.308. The third kappa shape index (κ3) is 1.94. The molecule has 0 fully saturated rings. The monoisotopic (exact) mass is 200 g/mol. The van der Waals surface area contributed by atoms with E-state index >= 15 is 0 Å². The Bertz CT molecular complexity index is 436. The van der Waals surface area contributed by atoms with Gasteiger partial charge in [0.2, 0.25) is 0 Å². The number of aromatic nitrogens is 2. The van der Waals surface area contributed by atoms with E-state index in [1.807, 2.05) is 36.8 Å². The molecular formula is C13H16N2. The Morgan fingerprint density at radius 3 is 2.33 bits per heavy atom. The second kappa shape index (κ2) is 3.54. The summed E-state index contributed by atoms with van der Waals surface area (Å²) >= 11 is 0. The largest absolute Gasteiger partial charge is 0.322 e. The Morgan fingerprint density at radius 2 is 1.73 bits per heavy atom. The quantitative estimate of drug-likeness (QED) is 0.691. The molecule has 0 aromatic carbocycles. The van der Waals surface area contributed by atoms with Crippen molar-refractivity contribution in [2.75, 3.05) is 0 Å². The zero-order valence-corrected chi connectivity index (χ0v) is 9.44. The molecule has 2 rings (SSSR count). The van der Waals surface area contributed by atoms with Crippen molar-refractivity contribution in [3.8, 4) is 5.69 Å². The van der Waals surface area contributed by atoms with Gasteiger partial charge in [-0.2, -0.15) is 0 Å². The summed E-state index contributed by atoms with van der Waals surface area (Å²) in [5, 5.41) is 0. The first-order valence-electron chi connectivity index (χ1n) is 5.18. The molecule has 15 heavy (non-hydrogen) atoms. The van der Waals surface area contributed by atoms with Gasteiger partial charge in [0.1, 0.15) is 0 Å². The summed E-state index contributed by atoms with van der Waals surface area (Å²) in [5.74, 6) is 0. The highest BCUT2D eigenvalue weighted by Gasteiger charge is 2.19. The van der Waals surface area contributed by atoms with Gasteiger partial charge >= 0.3 is 0 Å². The molecule has 0 saturated heterocycles. The molecule has 2 nitrogen and oxygen atoms in total. The summed E-state index contributed by atoms with van der Waals surface area (Å²) < 4.78 is 2.10. The first-order valence-corrected chi connectivity index (χ1v) is 5.18. The zero-order valence-electron chi connectivity index (χ0n) is 9.44. The van der Waals surface area contributed by atoms with Crippen LogP contribution in [0.4, 0.5) is 0 Å². The molecule has 0 amide bonds. The van der Waals surface area contributed by atoms with Crippen molar-refractivity contribution in [2.24, 2.45) is 0 Å². The predicted molar refractivity (Wildman–Crippen MR) is 62.3 cm³/mol. The highest BCUT2D eigenvalue weighted by Crippen LogP contribution is 2.25. The lowest BCUT2D eigenvalue weighted by molar-refractivity contribution is 0.565. The molecule has 0 N–H and O–H groups in total. The van der Waals surface area contributed by atoms with Gasteiger partial charge in [-0.05, 0) is 24.3 Å². The van der Waals surface area contributed by atoms with Crippen LogP contribution in [-0.2, 0) is 5.41 Å². The number of hydrogen-bond donors (Lipinski definition) is 0. The molecule has 0 aliphatic carbocycles. The van der Waals surface area contributed by atoms with Crippen LogP contribution in [0.3, 0.4) is 0 Å². The number of hydrogen-bond acceptors (Lipinski definition) is 1. The van der Waals surface area contributed by atoms with Crippen LogP contribution in [0.1, 0.15) is 26.5 Å². The van der Waals surface area contributed by atoms with Crippen molar-refractivity contribution in [3.05, 3.63) is 48.5 Å². The van der Waals surface area contributed by atoms with Gasteiger partial charge in [0, 0.05) is 24.0 Å². The van der Waals surface area contributed by atoms with Gasteiger partial charge in [-0.1, -0.05) is 20.8 Å². The molecule has 0 radical (unpaired) electrons. The highest BCUT2D eigenvalue weighted by atomic mass is 15.0. The molecule has 0 unspecified atom stereocenters. The summed E-state index contributed by atoms with van der Waals surface area (Å²) in [5.41, 5.74) is 2.36. The molecule has 2 heterocycles. The molecule has 0 aliphatic rings. The molecule has 0 spiro atoms. The van der Waals surface area contributed by atoms with E-state index < -0.39 is 0 Å². The van der Waals surface area contributed by atoms with E-state index in [0.717, 1.165) is 11.4 Å². The Labute approximate surface area is 90.6 Å². The molecule has 0 aliphatic heterocycles. The van der Waals surface area contributed by atoms with E-state index in [1.165, 1.54) is 0 Å². The summed E-state index contributed by atoms with van der Waals surface area (Å²) in [4.78, 5) is 4.49. The van der Waals surface area contributed by atoms with Gasteiger partial charge in [-0.25, -0.2) is 0 Å². The summed E-state index contributed by atoms with van der Waals surface area (Å²) in [6, 6.07) is 8.14. The second-order valence-electron chi connectivity index (χ2n) is 4.71. The van der Waals surface area contributed by atoms with Crippen LogP contribution in [0, 0.1) is 0 Å². The van der Waals surface area contributed by atoms with E-state index in [-0.39, 0.29) is 5.41 Å². The Hall–Kier alpha value is -1.57. The lowest BCUT2D eigenvalue weighted by Crippen LogP contribution is -2.16. The summed E-state index contributed by atoms with van der Waals surface area (Å²) in [6.45, 7) is 6.55. The van der Waals surface area contributed by atoms with Crippen LogP contribution in [0.15, 0.2) is 42.9 Å². The number of rotatable bonds is 1. The van der Waals surface area contributed by atoms with Crippen molar-refractivity contribution in [2.45, 2.75) is 26.2 Å². The number of nitrogens with zero attached hydrogens (tertiary/aromatic N) is 2. The predicted octanol–water partition coefficient (Wildman–Crippen LogP) is 3.17. The molecule has 78 valence electrons. The SMILES string of the molecule is CC(C)(C)c1ncccc1-n1cccc1.